The molecule has 127 heavy (non-hydrogen) atoms. The molecule has 692 valence electrons. The zero-order valence-electron chi connectivity index (χ0n) is 73.5. The predicted molar refractivity (Wildman–Crippen MR) is 481 cm³/mol. The minimum absolute atomic E-state index is 0.0164. The monoisotopic (exact) mass is 1830 g/mol. The zero-order chi connectivity index (χ0) is 93.2. The summed E-state index contributed by atoms with van der Waals surface area (Å²) >= 11 is 8.43. The van der Waals surface area contributed by atoms with Crippen LogP contribution in [0.2, 0.25) is 0 Å². The van der Waals surface area contributed by atoms with Crippen LogP contribution in [-0.4, -0.2) is 245 Å². The van der Waals surface area contributed by atoms with Gasteiger partial charge in [-0.1, -0.05) is 72.8 Å². The van der Waals surface area contributed by atoms with Gasteiger partial charge >= 0.3 is 49.8 Å². The van der Waals surface area contributed by atoms with E-state index in [4.69, 9.17) is 44.4 Å². The minimum Gasteiger partial charge on any atom is -0.426 e. The molecule has 1 aliphatic carbocycles. The molecule has 9 heterocycles. The first-order valence-electron chi connectivity index (χ1n) is 43.4. The number of hydrogen-bond donors (Lipinski definition) is 14. The molecule has 34 nitrogen and oxygen atoms in total. The number of thiophene rings is 2. The molecular weight excluding hydrogens is 1700 g/mol. The SMILES string of the molecule is CC(=O)CC1CC[C@H](NC(=O)C2CC2)B(O)O1.CC(=O)CC1CC[C@H](NC(=O)Cc2ccccc2)B(O)O1.CC(=O)CC1CC[C@H](NC(=O)Cc2cccs2)B(O)O1.CC(=O)CC1CC[C@H](NC(C)=O)B(O)O1.CC(=O)CC1CC[C@H](NCl)B(O)O1.CC(=O)C[C@@H]1CC[C@H](NC(=O)Cc2ccccc2)B(O)O1.CC(=O)C[C@@H]1CC[C@H](NC(=O)Cc2cccs2)B(O)O1. The van der Waals surface area contributed by atoms with E-state index in [-0.39, 0.29) is 155 Å². The lowest BCUT2D eigenvalue weighted by atomic mass is 9.72. The molecule has 4 aromatic rings. The molecule has 44 heteroatoms. The molecule has 12 rings (SSSR count). The standard InChI is InChI=1S/2C15H20BNO4.2C13H18BNO4S.C11H18BNO4.C9H16BNO4.C7H13BClNO3/c2*1-11(18)9-13-7-8-14(16(20)21-13)17-15(19)10-12-5-3-2-4-6-12;2*1-9(16)7-10-4-5-12(14(18)19-10)15-13(17)8-11-3-2-6-20-11;1-7(14)6-9-4-5-10(12(16)17-9)13-11(15)8-2-3-8;1-6(12)5-8-3-4-9(10(14)15-8)11-7(2)13;1-5(11)4-6-2-3-7(10-9)8(12)13-6/h2*2-6,13-14,20H,7-10H2,1H3,(H,17,19);2*2-3,6,10,12,18H,4-5,7-8H2,1H3,(H,15,17);8-10,16H,2-6H2,1H3,(H,13,15);8-9,14H,3-5H2,1-2H3,(H,11,13);6-7,10,12H,2-4H2,1H3/t13?,14-;13-,14-;10?,12-;10-,12-;9?,10-;8?,9-;6?,7-/m0000000/s1. The van der Waals surface area contributed by atoms with Crippen molar-refractivity contribution in [3.63, 3.8) is 0 Å². The van der Waals surface area contributed by atoms with Crippen LogP contribution >= 0.6 is 34.5 Å². The summed E-state index contributed by atoms with van der Waals surface area (Å²) in [5, 5.41) is 88.7. The summed E-state index contributed by atoms with van der Waals surface area (Å²) in [5.74, 6) is -2.74. The Bertz CT molecular complexity index is 3920. The lowest BCUT2D eigenvalue weighted by Gasteiger charge is -2.31. The molecule has 6 amide bonds. The van der Waals surface area contributed by atoms with Gasteiger partial charge in [-0.3, -0.25) is 62.3 Å². The second-order valence-electron chi connectivity index (χ2n) is 33.4. The van der Waals surface area contributed by atoms with Crippen LogP contribution in [0.1, 0.15) is 224 Å². The quantitative estimate of drug-likeness (QED) is 0.0261. The number of halogens is 1. The van der Waals surface area contributed by atoms with E-state index >= 15 is 0 Å². The fourth-order valence-electron chi connectivity index (χ4n) is 15.0. The van der Waals surface area contributed by atoms with Crippen molar-refractivity contribution in [3.05, 3.63) is 117 Å². The normalized spacial score (nSPS) is 24.3. The average molecular weight is 1830 g/mol. The summed E-state index contributed by atoms with van der Waals surface area (Å²) in [6, 6.07) is 26.5. The van der Waals surface area contributed by atoms with Gasteiger partial charge in [0.15, 0.2) is 0 Å². The molecule has 0 spiro atoms. The molecule has 8 fully saturated rings. The van der Waals surface area contributed by atoms with Crippen molar-refractivity contribution < 1.29 is 130 Å². The van der Waals surface area contributed by atoms with Gasteiger partial charge in [0.2, 0.25) is 35.4 Å². The van der Waals surface area contributed by atoms with Crippen molar-refractivity contribution in [3.8, 4) is 0 Å². The van der Waals surface area contributed by atoms with Gasteiger partial charge in [-0.05, 0) is 197 Å². The van der Waals surface area contributed by atoms with E-state index in [0.29, 0.717) is 135 Å². The van der Waals surface area contributed by atoms with Gasteiger partial charge in [-0.2, -0.15) is 0 Å². The van der Waals surface area contributed by atoms with Crippen LogP contribution in [0.5, 0.6) is 0 Å². The number of hydrogen-bond acceptors (Lipinski definition) is 30. The maximum Gasteiger partial charge on any atom is 0.478 e. The fraction of sp³-hybridized carbons (Fsp3) is 0.602. The Hall–Kier alpha value is -7.51. The minimum atomic E-state index is -1.05. The summed E-state index contributed by atoms with van der Waals surface area (Å²) in [7, 11) is -7.09. The van der Waals surface area contributed by atoms with Gasteiger partial charge in [0.05, 0.1) is 67.3 Å². The third-order valence-corrected chi connectivity index (χ3v) is 23.4. The Morgan fingerprint density at radius 1 is 0.299 bits per heavy atom. The van der Waals surface area contributed by atoms with Crippen molar-refractivity contribution >= 4 is 160 Å². The second kappa shape index (κ2) is 57.6. The Kier molecular flexibility index (Phi) is 49.1. The Morgan fingerprint density at radius 2 is 0.528 bits per heavy atom. The van der Waals surface area contributed by atoms with Crippen molar-refractivity contribution in [1.82, 2.24) is 36.7 Å². The van der Waals surface area contributed by atoms with Crippen molar-refractivity contribution in [2.24, 2.45) is 5.92 Å². The van der Waals surface area contributed by atoms with Gasteiger partial charge in [-0.15, -0.1) is 22.7 Å². The summed E-state index contributed by atoms with van der Waals surface area (Å²) in [6.07, 6.45) is 13.0. The Labute approximate surface area is 758 Å². The van der Waals surface area contributed by atoms with E-state index in [1.54, 1.807) is 0 Å². The van der Waals surface area contributed by atoms with E-state index in [0.717, 1.165) is 46.6 Å². The topological polar surface area (TPSA) is 512 Å². The molecule has 5 unspecified atom stereocenters. The molecule has 0 radical (unpaired) electrons. The first-order chi connectivity index (χ1) is 60.3. The van der Waals surface area contributed by atoms with E-state index in [1.165, 1.54) is 78.1 Å². The Balaban J connectivity index is 0.000000230. The van der Waals surface area contributed by atoms with Crippen LogP contribution in [0.4, 0.5) is 0 Å². The molecule has 2 aromatic carbocycles. The highest BCUT2D eigenvalue weighted by Crippen LogP contribution is 2.31. The van der Waals surface area contributed by atoms with Crippen molar-refractivity contribution in [2.45, 2.75) is 313 Å². The molecule has 14 atom stereocenters. The van der Waals surface area contributed by atoms with Gasteiger partial charge in [-0.25, -0.2) is 4.84 Å². The highest BCUT2D eigenvalue weighted by molar-refractivity contribution is 7.10. The van der Waals surface area contributed by atoms with Crippen molar-refractivity contribution in [1.29, 1.82) is 0 Å². The van der Waals surface area contributed by atoms with Crippen LogP contribution in [0.3, 0.4) is 0 Å². The summed E-state index contributed by atoms with van der Waals surface area (Å²) < 4.78 is 37.2. The van der Waals surface area contributed by atoms with Crippen LogP contribution in [0, 0.1) is 5.92 Å². The third kappa shape index (κ3) is 44.3. The van der Waals surface area contributed by atoms with Crippen LogP contribution in [0.15, 0.2) is 95.7 Å². The molecule has 0 bridgehead atoms. The average Bonchev–Trinajstić information content (AvgIpc) is 1.76. The molecule has 8 aliphatic rings. The number of amides is 6. The first-order valence-corrected chi connectivity index (χ1v) is 45.5. The van der Waals surface area contributed by atoms with Crippen LogP contribution in [0.25, 0.3) is 0 Å². The summed E-state index contributed by atoms with van der Waals surface area (Å²) in [5.41, 5.74) is 1.85. The maximum absolute atomic E-state index is 12.0. The van der Waals surface area contributed by atoms with Crippen molar-refractivity contribution in [2.75, 3.05) is 0 Å². The summed E-state index contributed by atoms with van der Waals surface area (Å²) in [4.78, 5) is 151. The largest absolute Gasteiger partial charge is 0.478 e. The highest BCUT2D eigenvalue weighted by Gasteiger charge is 2.43. The highest BCUT2D eigenvalue weighted by atomic mass is 35.5. The van der Waals surface area contributed by atoms with Crippen LogP contribution in [-0.2, 0) is 121 Å². The maximum atomic E-state index is 12.0. The number of Topliss-reactive ketones (excluding diaryl/α,β-unsaturated/α-hetero) is 7. The van der Waals surface area contributed by atoms with Gasteiger partial charge < -0.3 is 99.6 Å². The molecule has 7 aliphatic heterocycles. The predicted octanol–water partition coefficient (Wildman–Crippen LogP) is 3.69. The molecule has 7 saturated heterocycles. The number of nitrogens with one attached hydrogen (secondary N) is 7. The lowest BCUT2D eigenvalue weighted by molar-refractivity contribution is -0.123. The zero-order valence-corrected chi connectivity index (χ0v) is 75.9. The van der Waals surface area contributed by atoms with Gasteiger partial charge in [0.1, 0.15) is 40.5 Å². The number of ketones is 7. The lowest BCUT2D eigenvalue weighted by Crippen LogP contribution is -2.53. The Morgan fingerprint density at radius 3 is 0.732 bits per heavy atom. The number of carbonyl (C=O) groups excluding carboxylic acids is 13. The molecule has 14 N–H and O–H groups in total. The second-order valence-corrected chi connectivity index (χ2v) is 35.7. The smallest absolute Gasteiger partial charge is 0.426 e. The number of rotatable bonds is 30. The fourth-order valence-corrected chi connectivity index (χ4v) is 16.6. The van der Waals surface area contributed by atoms with E-state index in [1.807, 2.05) is 95.7 Å². The van der Waals surface area contributed by atoms with Crippen LogP contribution < -0.4 is 36.7 Å². The molecule has 2 aromatic heterocycles. The molecular formula is C83H123B7ClN7O27S2. The van der Waals surface area contributed by atoms with Gasteiger partial charge in [0, 0.05) is 110 Å². The number of benzene rings is 2. The first kappa shape index (κ1) is 108. The van der Waals surface area contributed by atoms with E-state index in [9.17, 15) is 97.5 Å². The third-order valence-electron chi connectivity index (χ3n) is 21.4. The van der Waals surface area contributed by atoms with E-state index in [2.05, 4.69) is 36.7 Å². The molecule has 1 saturated carbocycles. The number of carbonyl (C=O) groups is 13. The summed E-state index contributed by atoms with van der Waals surface area (Å²) in [6.45, 7) is 11.9. The van der Waals surface area contributed by atoms with Gasteiger partial charge in [0.25, 0.3) is 0 Å². The van der Waals surface area contributed by atoms with E-state index < -0.39 is 73.6 Å².